The maximum Gasteiger partial charge on any atom is 0.266 e. The number of carbonyl (C=O) groups is 3. The van der Waals surface area contributed by atoms with E-state index in [2.05, 4.69) is 4.98 Å². The summed E-state index contributed by atoms with van der Waals surface area (Å²) in [4.78, 5) is 43.5. The first-order valence-corrected chi connectivity index (χ1v) is 11.1. The molecule has 0 aliphatic carbocycles. The lowest BCUT2D eigenvalue weighted by Crippen LogP contribution is -2.29. The normalized spacial score (nSPS) is 13.1. The van der Waals surface area contributed by atoms with Crippen LogP contribution in [0.2, 0.25) is 0 Å². The number of amides is 2. The summed E-state index contributed by atoms with van der Waals surface area (Å²) in [6.07, 6.45) is 0. The zero-order chi connectivity index (χ0) is 21.5. The first-order valence-electron chi connectivity index (χ1n) is 9.35. The zero-order valence-corrected chi connectivity index (χ0v) is 17.6. The fourth-order valence-corrected chi connectivity index (χ4v) is 5.37. The monoisotopic (exact) mass is 446 g/mol. The summed E-state index contributed by atoms with van der Waals surface area (Å²) in [7, 11) is 0. The molecule has 0 unspecified atom stereocenters. The first-order chi connectivity index (χ1) is 15.0. The average Bonchev–Trinajstić information content (AvgIpc) is 3.30. The van der Waals surface area contributed by atoms with Crippen molar-refractivity contribution in [2.45, 2.75) is 4.34 Å². The number of Topliss-reactive ketones (excluding diaryl/α,β-unsaturated/α-hetero) is 1. The Labute approximate surface area is 185 Å². The van der Waals surface area contributed by atoms with Crippen molar-refractivity contribution in [3.8, 4) is 5.75 Å². The lowest BCUT2D eigenvalue weighted by molar-refractivity contribution is 0.0925. The van der Waals surface area contributed by atoms with Gasteiger partial charge in [-0.2, -0.15) is 0 Å². The van der Waals surface area contributed by atoms with Crippen molar-refractivity contribution in [2.75, 3.05) is 10.7 Å². The molecule has 0 saturated carbocycles. The van der Waals surface area contributed by atoms with Crippen LogP contribution in [0.25, 0.3) is 10.2 Å². The van der Waals surface area contributed by atoms with Gasteiger partial charge in [0.15, 0.2) is 10.1 Å². The predicted molar refractivity (Wildman–Crippen MR) is 120 cm³/mol. The van der Waals surface area contributed by atoms with Crippen molar-refractivity contribution in [3.63, 3.8) is 0 Å². The molecule has 1 aliphatic rings. The van der Waals surface area contributed by atoms with Crippen LogP contribution in [-0.4, -0.2) is 33.4 Å². The molecule has 0 fully saturated rings. The van der Waals surface area contributed by atoms with Crippen LogP contribution in [0, 0.1) is 0 Å². The maximum atomic E-state index is 12.7. The van der Waals surface area contributed by atoms with Crippen molar-refractivity contribution in [3.05, 3.63) is 83.4 Å². The molecule has 8 heteroatoms. The van der Waals surface area contributed by atoms with Crippen molar-refractivity contribution in [2.24, 2.45) is 0 Å². The second-order valence-electron chi connectivity index (χ2n) is 6.88. The number of hydrogen-bond donors (Lipinski definition) is 1. The van der Waals surface area contributed by atoms with E-state index in [-0.39, 0.29) is 29.1 Å². The van der Waals surface area contributed by atoms with E-state index in [0.29, 0.717) is 22.4 Å². The third-order valence-corrected chi connectivity index (χ3v) is 7.08. The summed E-state index contributed by atoms with van der Waals surface area (Å²) in [5.74, 6) is -0.395. The number of carbonyl (C=O) groups excluding carboxylic acids is 3. The highest BCUT2D eigenvalue weighted by molar-refractivity contribution is 8.01. The number of rotatable bonds is 5. The number of hydrogen-bond acceptors (Lipinski definition) is 7. The van der Waals surface area contributed by atoms with Crippen LogP contribution in [-0.2, 0) is 0 Å². The summed E-state index contributed by atoms with van der Waals surface area (Å²) < 4.78 is 1.55. The van der Waals surface area contributed by atoms with Crippen molar-refractivity contribution < 1.29 is 19.5 Å². The van der Waals surface area contributed by atoms with Gasteiger partial charge < -0.3 is 5.11 Å². The van der Waals surface area contributed by atoms with Crippen LogP contribution in [0.15, 0.2) is 71.1 Å². The van der Waals surface area contributed by atoms with Gasteiger partial charge in [0, 0.05) is 5.56 Å². The number of aromatic hydroxyl groups is 1. The number of ketones is 1. The highest BCUT2D eigenvalue weighted by atomic mass is 32.2. The third-order valence-electron chi connectivity index (χ3n) is 4.92. The number of imide groups is 1. The summed E-state index contributed by atoms with van der Waals surface area (Å²) in [5.41, 5.74) is 2.57. The molecule has 152 valence electrons. The second-order valence-corrected chi connectivity index (χ2v) is 9.13. The van der Waals surface area contributed by atoms with Crippen LogP contribution in [0.3, 0.4) is 0 Å². The summed E-state index contributed by atoms with van der Waals surface area (Å²) in [5, 5.41) is 9.34. The number of thiazole rings is 1. The predicted octanol–water partition coefficient (Wildman–Crippen LogP) is 4.78. The summed E-state index contributed by atoms with van der Waals surface area (Å²) in [6.45, 7) is 0. The Balaban J connectivity index is 1.36. The number of phenols is 1. The second kappa shape index (κ2) is 7.64. The van der Waals surface area contributed by atoms with Crippen LogP contribution in [0.4, 0.5) is 5.69 Å². The number of fused-ring (bicyclic) bond motifs is 2. The largest absolute Gasteiger partial charge is 0.508 e. The minimum Gasteiger partial charge on any atom is -0.508 e. The summed E-state index contributed by atoms with van der Waals surface area (Å²) in [6, 6.07) is 18.2. The number of phenolic OH excluding ortho intramolecular Hbond substituents is 1. The molecule has 3 aromatic carbocycles. The van der Waals surface area contributed by atoms with E-state index in [4.69, 9.17) is 0 Å². The standard InChI is InChI=1S/C23H14N2O4S2/c26-15-8-5-13(6-9-15)19(27)12-30-23-24-18-10-7-14(11-20(18)31-23)25-21(28)16-3-1-2-4-17(16)22(25)29/h1-11,26H,12H2. The van der Waals surface area contributed by atoms with E-state index in [0.717, 1.165) is 14.6 Å². The number of benzene rings is 3. The van der Waals surface area contributed by atoms with E-state index in [1.165, 1.54) is 40.1 Å². The number of aromatic nitrogens is 1. The molecule has 1 aliphatic heterocycles. The van der Waals surface area contributed by atoms with Gasteiger partial charge in [0.05, 0.1) is 32.8 Å². The first kappa shape index (κ1) is 19.5. The topological polar surface area (TPSA) is 87.6 Å². The van der Waals surface area contributed by atoms with Gasteiger partial charge in [-0.25, -0.2) is 9.88 Å². The molecule has 2 amide bonds. The van der Waals surface area contributed by atoms with Gasteiger partial charge in [-0.05, 0) is 54.6 Å². The maximum absolute atomic E-state index is 12.7. The lowest BCUT2D eigenvalue weighted by atomic mass is 10.1. The average molecular weight is 447 g/mol. The minimum atomic E-state index is -0.335. The van der Waals surface area contributed by atoms with E-state index >= 15 is 0 Å². The molecule has 1 N–H and O–H groups in total. The minimum absolute atomic E-state index is 0.0593. The lowest BCUT2D eigenvalue weighted by Gasteiger charge is -2.13. The van der Waals surface area contributed by atoms with Gasteiger partial charge in [0.1, 0.15) is 5.75 Å². The van der Waals surface area contributed by atoms with Gasteiger partial charge in [0.25, 0.3) is 11.8 Å². The third kappa shape index (κ3) is 3.49. The zero-order valence-electron chi connectivity index (χ0n) is 15.9. The molecule has 0 bridgehead atoms. The van der Waals surface area contributed by atoms with Gasteiger partial charge in [-0.1, -0.05) is 23.9 Å². The molecule has 0 atom stereocenters. The fraction of sp³-hybridized carbons (Fsp3) is 0.0435. The number of nitrogens with zero attached hydrogens (tertiary/aromatic N) is 2. The molecule has 5 rings (SSSR count). The smallest absolute Gasteiger partial charge is 0.266 e. The molecule has 4 aromatic rings. The molecule has 31 heavy (non-hydrogen) atoms. The number of anilines is 1. The molecule has 2 heterocycles. The Bertz CT molecular complexity index is 1330. The Hall–Kier alpha value is -3.49. The fourth-order valence-electron chi connectivity index (χ4n) is 3.37. The van der Waals surface area contributed by atoms with E-state index < -0.39 is 0 Å². The summed E-state index contributed by atoms with van der Waals surface area (Å²) >= 11 is 2.74. The SMILES string of the molecule is O=C(CSc1nc2ccc(N3C(=O)c4ccccc4C3=O)cc2s1)c1ccc(O)cc1. The van der Waals surface area contributed by atoms with Crippen molar-refractivity contribution >= 4 is 56.6 Å². The van der Waals surface area contributed by atoms with Crippen LogP contribution >= 0.6 is 23.1 Å². The molecule has 1 aromatic heterocycles. The van der Waals surface area contributed by atoms with Crippen LogP contribution in [0.5, 0.6) is 5.75 Å². The van der Waals surface area contributed by atoms with Gasteiger partial charge in [0.2, 0.25) is 0 Å². The highest BCUT2D eigenvalue weighted by Gasteiger charge is 2.36. The van der Waals surface area contributed by atoms with E-state index in [1.54, 1.807) is 54.6 Å². The van der Waals surface area contributed by atoms with Gasteiger partial charge >= 0.3 is 0 Å². The van der Waals surface area contributed by atoms with Crippen LogP contribution < -0.4 is 4.90 Å². The number of thioether (sulfide) groups is 1. The van der Waals surface area contributed by atoms with E-state index in [1.807, 2.05) is 0 Å². The van der Waals surface area contributed by atoms with Gasteiger partial charge in [-0.3, -0.25) is 14.4 Å². The molecular formula is C23H14N2O4S2. The van der Waals surface area contributed by atoms with Crippen molar-refractivity contribution in [1.82, 2.24) is 4.98 Å². The molecule has 0 saturated heterocycles. The van der Waals surface area contributed by atoms with Gasteiger partial charge in [-0.15, -0.1) is 11.3 Å². The van der Waals surface area contributed by atoms with Crippen LogP contribution in [0.1, 0.15) is 31.1 Å². The van der Waals surface area contributed by atoms with Crippen molar-refractivity contribution in [1.29, 1.82) is 0 Å². The molecule has 0 radical (unpaired) electrons. The quantitative estimate of drug-likeness (QED) is 0.270. The Morgan fingerprint density at radius 3 is 2.32 bits per heavy atom. The Morgan fingerprint density at radius 2 is 1.65 bits per heavy atom. The molecule has 0 spiro atoms. The molecular weight excluding hydrogens is 432 g/mol. The Morgan fingerprint density at radius 1 is 0.968 bits per heavy atom. The highest BCUT2D eigenvalue weighted by Crippen LogP contribution is 2.35. The molecule has 6 nitrogen and oxygen atoms in total. The Kier molecular flexibility index (Phi) is 4.80. The van der Waals surface area contributed by atoms with E-state index in [9.17, 15) is 19.5 Å².